The van der Waals surface area contributed by atoms with Crippen molar-refractivity contribution in [1.29, 1.82) is 0 Å². The van der Waals surface area contributed by atoms with E-state index in [1.54, 1.807) is 91.0 Å². The maximum atomic E-state index is 13.7. The van der Waals surface area contributed by atoms with E-state index in [0.717, 1.165) is 0 Å². The van der Waals surface area contributed by atoms with Crippen LogP contribution in [-0.4, -0.2) is 30.3 Å². The van der Waals surface area contributed by atoms with Gasteiger partial charge in [-0.25, -0.2) is 0 Å². The monoisotopic (exact) mass is 404 g/mol. The molecule has 0 aliphatic heterocycles. The summed E-state index contributed by atoms with van der Waals surface area (Å²) < 4.78 is 5.53. The second-order valence-corrected chi connectivity index (χ2v) is 6.84. The van der Waals surface area contributed by atoms with Gasteiger partial charge in [-0.3, -0.25) is 14.4 Å². The van der Waals surface area contributed by atoms with Crippen molar-refractivity contribution in [3.63, 3.8) is 0 Å². The number of hydrogen-bond acceptors (Lipinski definition) is 4. The third-order valence-corrected chi connectivity index (χ3v) is 4.94. The van der Waals surface area contributed by atoms with Crippen molar-refractivity contribution >= 4 is 26.6 Å². The van der Waals surface area contributed by atoms with Gasteiger partial charge in [0, 0.05) is 16.7 Å². The van der Waals surface area contributed by atoms with Crippen LogP contribution in [-0.2, 0) is 4.74 Å². The van der Waals surface area contributed by atoms with E-state index in [1.807, 2.05) is 0 Å². The van der Waals surface area contributed by atoms with Gasteiger partial charge in [0.2, 0.25) is 0 Å². The Labute approximate surface area is 172 Å². The van der Waals surface area contributed by atoms with Gasteiger partial charge in [0.1, 0.15) is 0 Å². The normalized spacial score (nSPS) is 11.1. The molecule has 0 saturated carbocycles. The molecule has 29 heavy (non-hydrogen) atoms. The molecule has 1 unspecified atom stereocenters. The summed E-state index contributed by atoms with van der Waals surface area (Å²) in [6, 6.07) is 25.2. The number of ether oxygens (including phenoxy) is 1. The topological polar surface area (TPSA) is 60.4 Å². The summed E-state index contributed by atoms with van der Waals surface area (Å²) in [6.45, 7) is -0.342. The zero-order valence-corrected chi connectivity index (χ0v) is 16.9. The van der Waals surface area contributed by atoms with E-state index in [-0.39, 0.29) is 29.6 Å². The smallest absolute Gasteiger partial charge is 0.187 e. The fraction of sp³-hybridized carbons (Fsp3) is 0.125. The molecule has 3 rings (SSSR count). The summed E-state index contributed by atoms with van der Waals surface area (Å²) in [5.41, 5.74) is -1.16. The Morgan fingerprint density at radius 1 is 0.621 bits per heavy atom. The molecule has 0 aliphatic carbocycles. The number of ketones is 3. The van der Waals surface area contributed by atoms with Crippen LogP contribution in [0.15, 0.2) is 91.0 Å². The lowest BCUT2D eigenvalue weighted by Gasteiger charge is -2.29. The molecule has 146 valence electrons. The summed E-state index contributed by atoms with van der Waals surface area (Å²) in [5.74, 6) is -1.71. The van der Waals surface area contributed by atoms with Crippen LogP contribution < -0.4 is 0 Å². The van der Waals surface area contributed by atoms with Crippen LogP contribution in [0.4, 0.5) is 0 Å². The minimum Gasteiger partial charge on any atom is -0.375 e. The van der Waals surface area contributed by atoms with Crippen molar-refractivity contribution in [2.45, 2.75) is 0 Å². The second kappa shape index (κ2) is 9.51. The predicted octanol–water partition coefficient (Wildman–Crippen LogP) is 4.47. The van der Waals surface area contributed by atoms with Gasteiger partial charge in [-0.05, 0) is 0 Å². The number of carbonyl (C=O) groups excluding carboxylic acids is 3. The van der Waals surface area contributed by atoms with Crippen LogP contribution in [0.2, 0.25) is 0 Å². The number of hydrogen-bond donors (Lipinski definition) is 0. The molecule has 0 aromatic heterocycles. The Kier molecular flexibility index (Phi) is 6.82. The molecule has 0 heterocycles. The maximum Gasteiger partial charge on any atom is 0.187 e. The van der Waals surface area contributed by atoms with Crippen molar-refractivity contribution in [3.05, 3.63) is 108 Å². The Bertz CT molecular complexity index is 860. The average Bonchev–Trinajstić information content (AvgIpc) is 2.80. The highest BCUT2D eigenvalue weighted by Crippen LogP contribution is 2.33. The van der Waals surface area contributed by atoms with E-state index in [2.05, 4.69) is 9.24 Å². The minimum absolute atomic E-state index is 0.188. The number of Topliss-reactive ketones (excluding diaryl/α,β-unsaturated/α-hetero) is 3. The molecule has 5 heteroatoms. The van der Waals surface area contributed by atoms with Crippen molar-refractivity contribution in [1.82, 2.24) is 0 Å². The van der Waals surface area contributed by atoms with Gasteiger partial charge in [-0.2, -0.15) is 0 Å². The molecule has 1 atom stereocenters. The number of benzene rings is 3. The molecule has 3 aromatic rings. The molecular weight excluding hydrogens is 383 g/mol. The molecular formula is C24H21O4P. The van der Waals surface area contributed by atoms with Crippen LogP contribution in [0, 0.1) is 5.41 Å². The van der Waals surface area contributed by atoms with Gasteiger partial charge in [-0.15, -0.1) is 9.24 Å². The van der Waals surface area contributed by atoms with Crippen LogP contribution in [0.1, 0.15) is 31.1 Å². The van der Waals surface area contributed by atoms with Crippen molar-refractivity contribution in [2.75, 3.05) is 13.0 Å². The van der Waals surface area contributed by atoms with Gasteiger partial charge in [0.15, 0.2) is 22.8 Å². The first kappa shape index (κ1) is 20.8. The molecule has 0 saturated heterocycles. The highest BCUT2D eigenvalue weighted by Gasteiger charge is 2.53. The number of rotatable bonds is 9. The minimum atomic E-state index is -2.01. The molecule has 0 bridgehead atoms. The Morgan fingerprint density at radius 2 is 0.931 bits per heavy atom. The fourth-order valence-corrected chi connectivity index (χ4v) is 3.34. The fourth-order valence-electron chi connectivity index (χ4n) is 3.23. The SMILES string of the molecule is O=C(c1ccccc1)C(COCP)(C(=O)c1ccccc1)C(=O)c1ccccc1. The van der Waals surface area contributed by atoms with E-state index in [0.29, 0.717) is 0 Å². The van der Waals surface area contributed by atoms with Gasteiger partial charge >= 0.3 is 0 Å². The van der Waals surface area contributed by atoms with Crippen LogP contribution >= 0.6 is 9.24 Å². The van der Waals surface area contributed by atoms with E-state index in [9.17, 15) is 14.4 Å². The molecule has 0 amide bonds. The van der Waals surface area contributed by atoms with Gasteiger partial charge < -0.3 is 4.74 Å². The lowest BCUT2D eigenvalue weighted by molar-refractivity contribution is 0.0394. The maximum absolute atomic E-state index is 13.7. The average molecular weight is 404 g/mol. The zero-order chi connectivity index (χ0) is 20.7. The second-order valence-electron chi connectivity index (χ2n) is 6.51. The third-order valence-electron chi connectivity index (χ3n) is 4.71. The Balaban J connectivity index is 2.22. The molecule has 4 nitrogen and oxygen atoms in total. The molecule has 0 radical (unpaired) electrons. The standard InChI is InChI=1S/C24H21O4P/c25-21(18-10-4-1-5-11-18)24(16-28-17-29,22(26)19-12-6-2-7-13-19)23(27)20-14-8-3-9-15-20/h1-15H,16-17,29H2. The lowest BCUT2D eigenvalue weighted by Crippen LogP contribution is -2.50. The molecule has 0 N–H and O–H groups in total. The third kappa shape index (κ3) is 4.24. The summed E-state index contributed by atoms with van der Waals surface area (Å²) in [7, 11) is 2.38. The highest BCUT2D eigenvalue weighted by atomic mass is 31.0. The largest absolute Gasteiger partial charge is 0.375 e. The van der Waals surface area contributed by atoms with E-state index < -0.39 is 22.8 Å². The highest BCUT2D eigenvalue weighted by molar-refractivity contribution is 7.16. The van der Waals surface area contributed by atoms with Crippen molar-refractivity contribution < 1.29 is 19.1 Å². The summed E-state index contributed by atoms with van der Waals surface area (Å²) >= 11 is 0. The molecule has 3 aromatic carbocycles. The van der Waals surface area contributed by atoms with Crippen LogP contribution in [0.5, 0.6) is 0 Å². The molecule has 0 spiro atoms. The number of carbonyl (C=O) groups is 3. The quantitative estimate of drug-likeness (QED) is 0.300. The lowest BCUT2D eigenvalue weighted by atomic mass is 9.70. The first-order valence-electron chi connectivity index (χ1n) is 9.18. The van der Waals surface area contributed by atoms with Crippen LogP contribution in [0.3, 0.4) is 0 Å². The zero-order valence-electron chi connectivity index (χ0n) is 15.8. The van der Waals surface area contributed by atoms with Crippen LogP contribution in [0.25, 0.3) is 0 Å². The summed E-state index contributed by atoms with van der Waals surface area (Å²) in [4.78, 5) is 41.0. The van der Waals surface area contributed by atoms with E-state index >= 15 is 0 Å². The molecule has 0 fully saturated rings. The predicted molar refractivity (Wildman–Crippen MR) is 115 cm³/mol. The summed E-state index contributed by atoms with van der Waals surface area (Å²) in [6.07, 6.45) is 0.188. The van der Waals surface area contributed by atoms with Crippen molar-refractivity contribution in [3.8, 4) is 0 Å². The first-order chi connectivity index (χ1) is 14.1. The Morgan fingerprint density at radius 3 is 1.21 bits per heavy atom. The summed E-state index contributed by atoms with van der Waals surface area (Å²) in [5, 5.41) is 0. The van der Waals surface area contributed by atoms with Crippen molar-refractivity contribution in [2.24, 2.45) is 5.41 Å². The molecule has 0 aliphatic rings. The Hall–Kier alpha value is -2.94. The van der Waals surface area contributed by atoms with E-state index in [4.69, 9.17) is 4.74 Å². The van der Waals surface area contributed by atoms with Gasteiger partial charge in [0.05, 0.1) is 13.0 Å². The van der Waals surface area contributed by atoms with E-state index in [1.165, 1.54) is 0 Å². The van der Waals surface area contributed by atoms with Gasteiger partial charge in [0.25, 0.3) is 0 Å². The first-order valence-corrected chi connectivity index (χ1v) is 10.0. The van der Waals surface area contributed by atoms with Gasteiger partial charge in [-0.1, -0.05) is 91.0 Å².